The number of sulfonamides is 1. The highest BCUT2D eigenvalue weighted by Gasteiger charge is 2.27. The molecule has 1 aliphatic heterocycles. The molecular weight excluding hydrogens is 384 g/mol. The van der Waals surface area contributed by atoms with E-state index in [4.69, 9.17) is 0 Å². The molecule has 0 aromatic heterocycles. The van der Waals surface area contributed by atoms with Gasteiger partial charge < -0.3 is 4.90 Å². The molecule has 1 fully saturated rings. The molecule has 154 valence electrons. The normalized spacial score (nSPS) is 17.8. The fourth-order valence-electron chi connectivity index (χ4n) is 4.31. The molecule has 2 aliphatic rings. The van der Waals surface area contributed by atoms with E-state index < -0.39 is 10.0 Å². The van der Waals surface area contributed by atoms with E-state index in [2.05, 4.69) is 4.72 Å². The van der Waals surface area contributed by atoms with Crippen LogP contribution in [0.4, 0.5) is 5.69 Å². The first-order valence-corrected chi connectivity index (χ1v) is 12.0. The predicted molar refractivity (Wildman–Crippen MR) is 115 cm³/mol. The quantitative estimate of drug-likeness (QED) is 0.818. The van der Waals surface area contributed by atoms with Gasteiger partial charge in [0.05, 0.1) is 4.90 Å². The largest absolute Gasteiger partial charge is 0.308 e. The van der Waals surface area contributed by atoms with Crippen molar-refractivity contribution >= 4 is 21.6 Å². The fourth-order valence-corrected chi connectivity index (χ4v) is 5.67. The van der Waals surface area contributed by atoms with Gasteiger partial charge in [0.15, 0.2) is 0 Å². The third kappa shape index (κ3) is 4.38. The van der Waals surface area contributed by atoms with Crippen molar-refractivity contribution in [1.29, 1.82) is 0 Å². The number of carbonyl (C=O) groups excluding carboxylic acids is 1. The highest BCUT2D eigenvalue weighted by Crippen LogP contribution is 2.31. The maximum atomic E-state index is 13.0. The summed E-state index contributed by atoms with van der Waals surface area (Å²) in [6, 6.07) is 12.8. The molecule has 0 bridgehead atoms. The zero-order chi connectivity index (χ0) is 20.4. The number of amides is 1. The molecule has 29 heavy (non-hydrogen) atoms. The number of carbonyl (C=O) groups is 1. The third-order valence-corrected chi connectivity index (χ3v) is 7.47. The van der Waals surface area contributed by atoms with Crippen LogP contribution in [0.5, 0.6) is 0 Å². The summed E-state index contributed by atoms with van der Waals surface area (Å²) in [5, 5.41) is 0. The van der Waals surface area contributed by atoms with Crippen LogP contribution < -0.4 is 9.62 Å². The number of fused-ring (bicyclic) bond motifs is 1. The predicted octanol–water partition coefficient (Wildman–Crippen LogP) is 4.20. The van der Waals surface area contributed by atoms with E-state index in [1.165, 1.54) is 6.42 Å². The molecule has 6 heteroatoms. The average Bonchev–Trinajstić information content (AvgIpc) is 2.73. The van der Waals surface area contributed by atoms with Crippen molar-refractivity contribution in [2.75, 3.05) is 11.4 Å². The van der Waals surface area contributed by atoms with Gasteiger partial charge in [0.1, 0.15) is 0 Å². The minimum absolute atomic E-state index is 0.0318. The molecule has 2 aromatic carbocycles. The van der Waals surface area contributed by atoms with Crippen molar-refractivity contribution in [1.82, 2.24) is 4.72 Å². The lowest BCUT2D eigenvalue weighted by atomic mass is 9.96. The van der Waals surface area contributed by atoms with Crippen LogP contribution in [0.2, 0.25) is 0 Å². The van der Waals surface area contributed by atoms with Crippen LogP contribution in [0.15, 0.2) is 47.4 Å². The summed E-state index contributed by atoms with van der Waals surface area (Å²) in [6.45, 7) is 2.64. The Morgan fingerprint density at radius 2 is 1.72 bits per heavy atom. The first-order chi connectivity index (χ1) is 13.9. The lowest BCUT2D eigenvalue weighted by molar-refractivity contribution is 0.0985. The highest BCUT2D eigenvalue weighted by atomic mass is 32.2. The van der Waals surface area contributed by atoms with Crippen molar-refractivity contribution in [2.45, 2.75) is 62.8 Å². The van der Waals surface area contributed by atoms with Crippen molar-refractivity contribution in [3.8, 4) is 0 Å². The molecule has 1 amide bonds. The monoisotopic (exact) mass is 412 g/mol. The Hall–Kier alpha value is -2.18. The van der Waals surface area contributed by atoms with Gasteiger partial charge in [-0.25, -0.2) is 13.1 Å². The van der Waals surface area contributed by atoms with Gasteiger partial charge >= 0.3 is 0 Å². The Morgan fingerprint density at radius 3 is 2.45 bits per heavy atom. The summed E-state index contributed by atoms with van der Waals surface area (Å²) in [5.74, 6) is -0.0399. The molecule has 0 unspecified atom stereocenters. The van der Waals surface area contributed by atoms with E-state index in [-0.39, 0.29) is 11.9 Å². The minimum atomic E-state index is -3.54. The highest BCUT2D eigenvalue weighted by molar-refractivity contribution is 7.89. The summed E-state index contributed by atoms with van der Waals surface area (Å²) in [7, 11) is -3.54. The Bertz CT molecular complexity index is 993. The van der Waals surface area contributed by atoms with Crippen molar-refractivity contribution in [2.24, 2.45) is 0 Å². The van der Waals surface area contributed by atoms with E-state index in [1.807, 2.05) is 31.2 Å². The van der Waals surface area contributed by atoms with E-state index in [0.717, 1.165) is 55.3 Å². The molecule has 0 spiro atoms. The lowest BCUT2D eigenvalue weighted by Crippen LogP contribution is -2.37. The summed E-state index contributed by atoms with van der Waals surface area (Å²) in [5.41, 5.74) is 3.50. The van der Waals surface area contributed by atoms with Gasteiger partial charge in [-0.05, 0) is 68.5 Å². The van der Waals surface area contributed by atoms with Crippen LogP contribution in [0.25, 0.3) is 0 Å². The smallest absolute Gasteiger partial charge is 0.258 e. The molecule has 0 saturated heterocycles. The van der Waals surface area contributed by atoms with E-state index in [9.17, 15) is 13.2 Å². The Morgan fingerprint density at radius 1 is 1.00 bits per heavy atom. The minimum Gasteiger partial charge on any atom is -0.308 e. The second-order valence-corrected chi connectivity index (χ2v) is 9.89. The molecule has 1 aliphatic carbocycles. The average molecular weight is 413 g/mol. The summed E-state index contributed by atoms with van der Waals surface area (Å²) in [6.07, 6.45) is 6.75. The molecule has 1 saturated carbocycles. The molecule has 0 radical (unpaired) electrons. The number of benzene rings is 2. The van der Waals surface area contributed by atoms with Gasteiger partial charge in [-0.3, -0.25) is 4.79 Å². The molecule has 1 N–H and O–H groups in total. The number of rotatable bonds is 4. The van der Waals surface area contributed by atoms with Crippen LogP contribution in [0, 0.1) is 6.92 Å². The Kier molecular flexibility index (Phi) is 5.74. The van der Waals surface area contributed by atoms with Crippen LogP contribution in [-0.2, 0) is 16.4 Å². The van der Waals surface area contributed by atoms with Crippen LogP contribution in [0.1, 0.15) is 60.0 Å². The van der Waals surface area contributed by atoms with Crippen LogP contribution in [0.3, 0.4) is 0 Å². The van der Waals surface area contributed by atoms with Crippen LogP contribution in [-0.4, -0.2) is 26.9 Å². The number of aryl methyl sites for hydroxylation is 2. The standard InChI is InChI=1S/C23H28N2O3S/c1-17-9-11-18(12-10-17)23(26)25-15-5-6-19-16-21(13-14-22(19)25)29(27,28)24-20-7-3-2-4-8-20/h9-14,16,20,24H,2-8,15H2,1H3. The first kappa shape index (κ1) is 20.1. The molecule has 1 heterocycles. The molecule has 2 aromatic rings. The maximum absolute atomic E-state index is 13.0. The zero-order valence-electron chi connectivity index (χ0n) is 16.9. The fraction of sp³-hybridized carbons (Fsp3) is 0.435. The Labute approximate surface area is 173 Å². The Balaban J connectivity index is 1.58. The number of anilines is 1. The van der Waals surface area contributed by atoms with Crippen molar-refractivity contribution < 1.29 is 13.2 Å². The maximum Gasteiger partial charge on any atom is 0.258 e. The van der Waals surface area contributed by atoms with Crippen LogP contribution >= 0.6 is 0 Å². The number of nitrogens with zero attached hydrogens (tertiary/aromatic N) is 1. The second-order valence-electron chi connectivity index (χ2n) is 8.17. The van der Waals surface area contributed by atoms with Crippen molar-refractivity contribution in [3.05, 3.63) is 59.2 Å². The zero-order valence-corrected chi connectivity index (χ0v) is 17.7. The van der Waals surface area contributed by atoms with Gasteiger partial charge in [-0.15, -0.1) is 0 Å². The number of hydrogen-bond donors (Lipinski definition) is 1. The summed E-state index contributed by atoms with van der Waals surface area (Å²) >= 11 is 0. The molecular formula is C23H28N2O3S. The van der Waals surface area contributed by atoms with Gasteiger partial charge in [-0.2, -0.15) is 0 Å². The van der Waals surface area contributed by atoms with Gasteiger partial charge in [0, 0.05) is 23.8 Å². The number of nitrogens with one attached hydrogen (secondary N) is 1. The first-order valence-electron chi connectivity index (χ1n) is 10.5. The second kappa shape index (κ2) is 8.28. The topological polar surface area (TPSA) is 66.5 Å². The lowest BCUT2D eigenvalue weighted by Gasteiger charge is -2.30. The third-order valence-electron chi connectivity index (χ3n) is 5.95. The SMILES string of the molecule is Cc1ccc(C(=O)N2CCCc3cc(S(=O)(=O)NC4CCCCC4)ccc32)cc1. The van der Waals surface area contributed by atoms with E-state index >= 15 is 0 Å². The molecule has 4 rings (SSSR count). The van der Waals surface area contributed by atoms with Crippen molar-refractivity contribution in [3.63, 3.8) is 0 Å². The van der Waals surface area contributed by atoms with E-state index in [1.54, 1.807) is 23.1 Å². The molecule has 5 nitrogen and oxygen atoms in total. The van der Waals surface area contributed by atoms with Gasteiger partial charge in [0.25, 0.3) is 5.91 Å². The summed E-state index contributed by atoms with van der Waals surface area (Å²) < 4.78 is 28.6. The summed E-state index contributed by atoms with van der Waals surface area (Å²) in [4.78, 5) is 15.1. The van der Waals surface area contributed by atoms with Gasteiger partial charge in [0.2, 0.25) is 10.0 Å². The van der Waals surface area contributed by atoms with Gasteiger partial charge in [-0.1, -0.05) is 37.0 Å². The number of hydrogen-bond acceptors (Lipinski definition) is 3. The van der Waals surface area contributed by atoms with E-state index in [0.29, 0.717) is 17.0 Å². The molecule has 0 atom stereocenters.